The second-order valence-electron chi connectivity index (χ2n) is 7.06. The van der Waals surface area contributed by atoms with E-state index in [0.29, 0.717) is 18.0 Å². The number of hydrogen-bond donors (Lipinski definition) is 1. The van der Waals surface area contributed by atoms with Gasteiger partial charge in [-0.3, -0.25) is 9.69 Å². The van der Waals surface area contributed by atoms with Crippen LogP contribution in [0.4, 0.5) is 0 Å². The predicted molar refractivity (Wildman–Crippen MR) is 94.8 cm³/mol. The second kappa shape index (κ2) is 8.71. The average molecular weight is 327 g/mol. The third-order valence-corrected chi connectivity index (χ3v) is 3.99. The number of hydrogen-bond acceptors (Lipinski definition) is 4. The van der Waals surface area contributed by atoms with Crippen LogP contribution in [0, 0.1) is 0 Å². The number of piperidine rings is 1. The molecule has 1 saturated heterocycles. The van der Waals surface area contributed by atoms with Crippen molar-refractivity contribution in [3.8, 4) is 0 Å². The average Bonchev–Trinajstić information content (AvgIpc) is 2.46. The molecule has 6 heteroatoms. The number of aromatic carboxylic acids is 1. The van der Waals surface area contributed by atoms with Gasteiger partial charge in [0.05, 0.1) is 12.1 Å². The summed E-state index contributed by atoms with van der Waals surface area (Å²) in [4.78, 5) is 24.9. The molecule has 24 heavy (non-hydrogen) atoms. The van der Waals surface area contributed by atoms with Gasteiger partial charge in [0.15, 0.2) is 0 Å². The SMILES string of the molecule is CC(C)(C)OC(=O)CN1CCC(c2ccc(C(=O)O)cc2)CC1.[LiH]. The van der Waals surface area contributed by atoms with Gasteiger partial charge in [0.25, 0.3) is 0 Å². The monoisotopic (exact) mass is 327 g/mol. The predicted octanol–water partition coefficient (Wildman–Crippen LogP) is 2.26. The zero-order chi connectivity index (χ0) is 17.0. The van der Waals surface area contributed by atoms with Crippen LogP contribution in [0.5, 0.6) is 0 Å². The third-order valence-electron chi connectivity index (χ3n) is 3.99. The molecule has 0 aromatic heterocycles. The van der Waals surface area contributed by atoms with Crippen LogP contribution in [0.3, 0.4) is 0 Å². The molecule has 1 aromatic rings. The molecule has 0 bridgehead atoms. The molecule has 0 unspecified atom stereocenters. The van der Waals surface area contributed by atoms with Gasteiger partial charge in [-0.25, -0.2) is 4.79 Å². The molecule has 128 valence electrons. The van der Waals surface area contributed by atoms with Crippen LogP contribution < -0.4 is 0 Å². The van der Waals surface area contributed by atoms with Gasteiger partial charge >= 0.3 is 30.8 Å². The molecule has 1 aromatic carbocycles. The standard InChI is InChI=1S/C18H25NO4.Li.H/c1-18(2,3)23-16(20)12-19-10-8-14(9-11-19)13-4-6-15(7-5-13)17(21)22;;/h4-7,14H,8-12H2,1-3H3,(H,21,22);;. The Hall–Kier alpha value is -1.28. The van der Waals surface area contributed by atoms with Crippen LogP contribution in [0.15, 0.2) is 24.3 Å². The Labute approximate surface area is 155 Å². The van der Waals surface area contributed by atoms with E-state index in [1.54, 1.807) is 12.1 Å². The van der Waals surface area contributed by atoms with Crippen molar-refractivity contribution in [1.29, 1.82) is 0 Å². The fourth-order valence-corrected chi connectivity index (χ4v) is 2.88. The van der Waals surface area contributed by atoms with Crippen molar-refractivity contribution in [2.45, 2.75) is 45.1 Å². The molecule has 0 amide bonds. The van der Waals surface area contributed by atoms with E-state index >= 15 is 0 Å². The number of carboxylic acids is 1. The summed E-state index contributed by atoms with van der Waals surface area (Å²) < 4.78 is 5.35. The Morgan fingerprint density at radius 3 is 2.17 bits per heavy atom. The van der Waals surface area contributed by atoms with Crippen LogP contribution >= 0.6 is 0 Å². The first-order chi connectivity index (χ1) is 10.7. The van der Waals surface area contributed by atoms with Crippen molar-refractivity contribution < 1.29 is 19.4 Å². The summed E-state index contributed by atoms with van der Waals surface area (Å²) in [5.74, 6) is -0.654. The first kappa shape index (κ1) is 20.8. The molecule has 0 atom stereocenters. The minimum atomic E-state index is -0.899. The Morgan fingerprint density at radius 1 is 1.17 bits per heavy atom. The molecule has 0 spiro atoms. The minimum absolute atomic E-state index is 0. The summed E-state index contributed by atoms with van der Waals surface area (Å²) in [6.07, 6.45) is 1.93. The van der Waals surface area contributed by atoms with E-state index in [1.165, 1.54) is 5.56 Å². The van der Waals surface area contributed by atoms with E-state index < -0.39 is 11.6 Å². The van der Waals surface area contributed by atoms with Crippen LogP contribution in [0.25, 0.3) is 0 Å². The summed E-state index contributed by atoms with van der Waals surface area (Å²) in [7, 11) is 0. The van der Waals surface area contributed by atoms with Crippen LogP contribution in [-0.2, 0) is 9.53 Å². The van der Waals surface area contributed by atoms with Crippen LogP contribution in [0.2, 0.25) is 0 Å². The number of carbonyl (C=O) groups is 2. The Morgan fingerprint density at radius 2 is 1.71 bits per heavy atom. The van der Waals surface area contributed by atoms with E-state index in [-0.39, 0.29) is 24.8 Å². The summed E-state index contributed by atoms with van der Waals surface area (Å²) >= 11 is 0. The number of carboxylic acid groups (broad SMARTS) is 1. The zero-order valence-electron chi connectivity index (χ0n) is 14.0. The maximum atomic E-state index is 11.9. The van der Waals surface area contributed by atoms with Crippen molar-refractivity contribution in [1.82, 2.24) is 4.90 Å². The summed E-state index contributed by atoms with van der Waals surface area (Å²) in [6, 6.07) is 7.12. The Bertz CT molecular complexity index is 557. The van der Waals surface area contributed by atoms with Gasteiger partial charge in [-0.1, -0.05) is 12.1 Å². The number of esters is 1. The molecule has 1 fully saturated rings. The van der Waals surface area contributed by atoms with Crippen molar-refractivity contribution in [2.75, 3.05) is 19.6 Å². The number of nitrogens with zero attached hydrogens (tertiary/aromatic N) is 1. The van der Waals surface area contributed by atoms with Crippen molar-refractivity contribution in [3.63, 3.8) is 0 Å². The van der Waals surface area contributed by atoms with E-state index in [2.05, 4.69) is 4.90 Å². The van der Waals surface area contributed by atoms with E-state index in [4.69, 9.17) is 9.84 Å². The van der Waals surface area contributed by atoms with Gasteiger partial charge in [-0.15, -0.1) is 0 Å². The third kappa shape index (κ3) is 6.31. The van der Waals surface area contributed by atoms with E-state index in [9.17, 15) is 9.59 Å². The molecule has 5 nitrogen and oxygen atoms in total. The van der Waals surface area contributed by atoms with Gasteiger partial charge in [0, 0.05) is 0 Å². The number of likely N-dealkylation sites (tertiary alicyclic amines) is 1. The topological polar surface area (TPSA) is 66.8 Å². The number of ether oxygens (including phenoxy) is 1. The fraction of sp³-hybridized carbons (Fsp3) is 0.556. The van der Waals surface area contributed by atoms with Gasteiger partial charge in [0.1, 0.15) is 5.60 Å². The molecule has 0 saturated carbocycles. The summed E-state index contributed by atoms with van der Waals surface area (Å²) in [5.41, 5.74) is 1.05. The molecule has 1 heterocycles. The first-order valence-corrected chi connectivity index (χ1v) is 8.02. The molecule has 1 aliphatic heterocycles. The fourth-order valence-electron chi connectivity index (χ4n) is 2.88. The number of rotatable bonds is 4. The quantitative estimate of drug-likeness (QED) is 0.679. The second-order valence-corrected chi connectivity index (χ2v) is 7.06. The molecule has 2 rings (SSSR count). The van der Waals surface area contributed by atoms with Gasteiger partial charge in [-0.2, -0.15) is 0 Å². The van der Waals surface area contributed by atoms with Gasteiger partial charge < -0.3 is 9.84 Å². The first-order valence-electron chi connectivity index (χ1n) is 8.02. The molecular weight excluding hydrogens is 301 g/mol. The molecule has 1 N–H and O–H groups in total. The van der Waals surface area contributed by atoms with Crippen LogP contribution in [-0.4, -0.2) is 66.0 Å². The van der Waals surface area contributed by atoms with E-state index in [1.807, 2.05) is 32.9 Å². The van der Waals surface area contributed by atoms with Crippen molar-refractivity contribution in [3.05, 3.63) is 35.4 Å². The zero-order valence-corrected chi connectivity index (χ0v) is 14.0. The number of carbonyl (C=O) groups excluding carboxylic acids is 1. The molecule has 0 radical (unpaired) electrons. The molecule has 0 aliphatic carbocycles. The van der Waals surface area contributed by atoms with Gasteiger partial charge in [0.2, 0.25) is 0 Å². The van der Waals surface area contributed by atoms with Crippen molar-refractivity contribution in [2.24, 2.45) is 0 Å². The Balaban J connectivity index is 0.00000288. The maximum absolute atomic E-state index is 11.9. The normalized spacial score (nSPS) is 16.3. The van der Waals surface area contributed by atoms with Crippen LogP contribution in [0.1, 0.15) is 55.5 Å². The number of benzene rings is 1. The van der Waals surface area contributed by atoms with Crippen molar-refractivity contribution >= 4 is 30.8 Å². The van der Waals surface area contributed by atoms with Gasteiger partial charge in [-0.05, 0) is 70.3 Å². The molecular formula is C18H26LiNO4. The summed E-state index contributed by atoms with van der Waals surface area (Å²) in [5, 5.41) is 8.93. The summed E-state index contributed by atoms with van der Waals surface area (Å²) in [6.45, 7) is 7.66. The van der Waals surface area contributed by atoms with E-state index in [0.717, 1.165) is 25.9 Å². The Kier molecular flexibility index (Phi) is 7.53. The molecule has 1 aliphatic rings.